The molecular formula is C15H16BN3O3. The normalized spacial score (nSPS) is 25.3. The molecule has 0 radical (unpaired) electrons. The van der Waals surface area contributed by atoms with Gasteiger partial charge in [-0.3, -0.25) is 9.78 Å². The third kappa shape index (κ3) is 2.22. The first-order valence-electron chi connectivity index (χ1n) is 7.43. The van der Waals surface area contributed by atoms with Crippen LogP contribution in [0.3, 0.4) is 0 Å². The Morgan fingerprint density at radius 3 is 3.32 bits per heavy atom. The molecule has 0 aromatic carbocycles. The Kier molecular flexibility index (Phi) is 3.24. The van der Waals surface area contributed by atoms with Gasteiger partial charge in [-0.25, -0.2) is 0 Å². The molecule has 22 heavy (non-hydrogen) atoms. The van der Waals surface area contributed by atoms with E-state index in [-0.39, 0.29) is 11.8 Å². The van der Waals surface area contributed by atoms with Crippen LogP contribution in [-0.4, -0.2) is 29.0 Å². The molecule has 0 bridgehead atoms. The Morgan fingerprint density at radius 2 is 2.41 bits per heavy atom. The molecule has 1 saturated heterocycles. The number of rotatable bonds is 2. The van der Waals surface area contributed by atoms with Gasteiger partial charge >= 0.3 is 7.12 Å². The van der Waals surface area contributed by atoms with Crippen molar-refractivity contribution in [3.63, 3.8) is 0 Å². The summed E-state index contributed by atoms with van der Waals surface area (Å²) in [5, 5.41) is 16.1. The average Bonchev–Trinajstić information content (AvgIpc) is 3.11. The van der Waals surface area contributed by atoms with E-state index < -0.39 is 13.1 Å². The Labute approximate surface area is 128 Å². The summed E-state index contributed by atoms with van der Waals surface area (Å²) < 4.78 is 5.41. The number of nitrogens with one attached hydrogen (secondary N) is 2. The average molecular weight is 297 g/mol. The van der Waals surface area contributed by atoms with E-state index in [1.54, 1.807) is 6.20 Å². The van der Waals surface area contributed by atoms with Crippen molar-refractivity contribution in [2.75, 3.05) is 0 Å². The summed E-state index contributed by atoms with van der Waals surface area (Å²) in [6, 6.07) is 1.86. The van der Waals surface area contributed by atoms with E-state index in [4.69, 9.17) is 4.65 Å². The number of nitrogens with zero attached hydrogens (tertiary/aromatic N) is 1. The highest BCUT2D eigenvalue weighted by molar-refractivity contribution is 6.47. The largest absolute Gasteiger partial charge is 0.547 e. The lowest BCUT2D eigenvalue weighted by molar-refractivity contribution is 0.0939. The van der Waals surface area contributed by atoms with Gasteiger partial charge in [-0.15, -0.1) is 0 Å². The van der Waals surface area contributed by atoms with Gasteiger partial charge in [-0.05, 0) is 24.1 Å². The molecule has 112 valence electrons. The van der Waals surface area contributed by atoms with Crippen molar-refractivity contribution < 1.29 is 14.5 Å². The molecule has 1 fully saturated rings. The fourth-order valence-corrected chi connectivity index (χ4v) is 3.19. The first-order valence-corrected chi connectivity index (χ1v) is 7.43. The molecule has 1 aromatic rings. The number of carbonyl (C=O) groups is 1. The molecule has 3 heterocycles. The fraction of sp³-hybridized carbons (Fsp3) is 0.333. The van der Waals surface area contributed by atoms with Crippen LogP contribution in [0.2, 0.25) is 0 Å². The molecular weight excluding hydrogens is 281 g/mol. The van der Waals surface area contributed by atoms with Crippen LogP contribution in [0.15, 0.2) is 36.3 Å². The summed E-state index contributed by atoms with van der Waals surface area (Å²) in [5.41, 5.74) is 2.55. The number of pyridine rings is 1. The second-order valence-electron chi connectivity index (χ2n) is 5.78. The van der Waals surface area contributed by atoms with Gasteiger partial charge in [-0.2, -0.15) is 0 Å². The van der Waals surface area contributed by atoms with Crippen molar-refractivity contribution in [3.8, 4) is 0 Å². The van der Waals surface area contributed by atoms with E-state index in [1.807, 2.05) is 24.3 Å². The number of fused-ring (bicyclic) bond motifs is 2. The van der Waals surface area contributed by atoms with Gasteiger partial charge in [0, 0.05) is 25.2 Å². The molecule has 6 nitrogen and oxygen atoms in total. The second kappa shape index (κ2) is 5.26. The number of allylic oxidation sites excluding steroid dienone is 3. The zero-order valence-electron chi connectivity index (χ0n) is 12.0. The molecule has 1 unspecified atom stereocenters. The molecule has 2 atom stereocenters. The Hall–Kier alpha value is -2.12. The van der Waals surface area contributed by atoms with E-state index in [2.05, 4.69) is 15.6 Å². The first kappa shape index (κ1) is 13.5. The number of amides is 1. The smallest absolute Gasteiger partial charge is 0.538 e. The Morgan fingerprint density at radius 1 is 1.50 bits per heavy atom. The van der Waals surface area contributed by atoms with Crippen molar-refractivity contribution in [1.82, 2.24) is 15.6 Å². The van der Waals surface area contributed by atoms with Crippen molar-refractivity contribution >= 4 is 13.0 Å². The minimum Gasteiger partial charge on any atom is -0.538 e. The van der Waals surface area contributed by atoms with Crippen molar-refractivity contribution in [2.45, 2.75) is 25.5 Å². The van der Waals surface area contributed by atoms with Gasteiger partial charge in [-0.1, -0.05) is 12.2 Å². The Bertz CT molecular complexity index is 689. The summed E-state index contributed by atoms with van der Waals surface area (Å²) in [5.74, 6) is 0.0605. The van der Waals surface area contributed by atoms with Crippen molar-refractivity contribution in [2.24, 2.45) is 5.92 Å². The minimum atomic E-state index is -1.01. The summed E-state index contributed by atoms with van der Waals surface area (Å²) in [6.45, 7) is 1.48. The van der Waals surface area contributed by atoms with Crippen LogP contribution in [0.1, 0.15) is 28.0 Å². The van der Waals surface area contributed by atoms with Gasteiger partial charge in [0.05, 0.1) is 23.0 Å². The minimum absolute atomic E-state index is 0.00648. The van der Waals surface area contributed by atoms with E-state index >= 15 is 0 Å². The molecule has 1 amide bonds. The number of hydrogen-bond acceptors (Lipinski definition) is 5. The van der Waals surface area contributed by atoms with Gasteiger partial charge in [0.2, 0.25) is 0 Å². The lowest BCUT2D eigenvalue weighted by Crippen LogP contribution is -2.47. The van der Waals surface area contributed by atoms with Crippen LogP contribution in [0.4, 0.5) is 0 Å². The van der Waals surface area contributed by atoms with Crippen molar-refractivity contribution in [1.29, 1.82) is 0 Å². The molecule has 1 aliphatic carbocycles. The zero-order valence-corrected chi connectivity index (χ0v) is 12.0. The summed E-state index contributed by atoms with van der Waals surface area (Å²) in [7, 11) is -1.01. The van der Waals surface area contributed by atoms with Gasteiger partial charge in [0.15, 0.2) is 0 Å². The Balaban J connectivity index is 1.52. The lowest BCUT2D eigenvalue weighted by atomic mass is 9.73. The van der Waals surface area contributed by atoms with Crippen LogP contribution >= 0.6 is 0 Å². The fourth-order valence-electron chi connectivity index (χ4n) is 3.19. The third-order valence-electron chi connectivity index (χ3n) is 4.38. The van der Waals surface area contributed by atoms with Crippen LogP contribution in [-0.2, 0) is 17.7 Å². The highest BCUT2D eigenvalue weighted by Crippen LogP contribution is 2.33. The maximum Gasteiger partial charge on any atom is 0.547 e. The quantitative estimate of drug-likeness (QED) is 0.684. The number of carbonyl (C=O) groups excluding carboxylic acids is 1. The molecule has 0 saturated carbocycles. The maximum absolute atomic E-state index is 12.4. The molecule has 1 aromatic heterocycles. The van der Waals surface area contributed by atoms with Crippen LogP contribution in [0, 0.1) is 5.92 Å². The van der Waals surface area contributed by atoms with Gasteiger partial charge < -0.3 is 20.3 Å². The monoisotopic (exact) mass is 297 g/mol. The van der Waals surface area contributed by atoms with E-state index in [0.717, 1.165) is 36.5 Å². The zero-order chi connectivity index (χ0) is 15.1. The summed E-state index contributed by atoms with van der Waals surface area (Å²) >= 11 is 0. The van der Waals surface area contributed by atoms with Crippen molar-refractivity contribution in [3.05, 3.63) is 53.1 Å². The predicted octanol–water partition coefficient (Wildman–Crippen LogP) is 0.293. The highest BCUT2D eigenvalue weighted by atomic mass is 16.5. The first-order chi connectivity index (χ1) is 10.7. The van der Waals surface area contributed by atoms with E-state index in [9.17, 15) is 9.82 Å². The molecule has 2 aliphatic heterocycles. The van der Waals surface area contributed by atoms with E-state index in [1.165, 1.54) is 0 Å². The molecule has 3 N–H and O–H groups in total. The predicted molar refractivity (Wildman–Crippen MR) is 80.4 cm³/mol. The molecule has 4 rings (SSSR count). The second-order valence-corrected chi connectivity index (χ2v) is 5.78. The third-order valence-corrected chi connectivity index (χ3v) is 4.38. The molecule has 0 spiro atoms. The van der Waals surface area contributed by atoms with Crippen LogP contribution in [0.5, 0.6) is 0 Å². The number of hydrogen-bond donors (Lipinski definition) is 3. The lowest BCUT2D eigenvalue weighted by Gasteiger charge is -2.19. The van der Waals surface area contributed by atoms with E-state index in [0.29, 0.717) is 5.56 Å². The number of aromatic nitrogens is 1. The maximum atomic E-state index is 12.4. The van der Waals surface area contributed by atoms with Gasteiger partial charge in [0.25, 0.3) is 5.91 Å². The standard InChI is InChI=1S/C15H16BN3O3/c20-15(10-5-9-6-17-8-12(9)18-7-10)19-14-11-3-1-2-4-13(11)22-16(14)21/h1-2,4-5,7,11,14,17,21H,3,6,8H2,(H,19,20)/t11?,14-/m0/s1. The summed E-state index contributed by atoms with van der Waals surface area (Å²) in [6.07, 6.45) is 8.09. The highest BCUT2D eigenvalue weighted by Gasteiger charge is 2.46. The molecule has 3 aliphatic rings. The topological polar surface area (TPSA) is 83.5 Å². The van der Waals surface area contributed by atoms with Crippen LogP contribution in [0.25, 0.3) is 0 Å². The van der Waals surface area contributed by atoms with Gasteiger partial charge in [0.1, 0.15) is 0 Å². The summed E-state index contributed by atoms with van der Waals surface area (Å²) in [4.78, 5) is 16.8. The SMILES string of the molecule is O=C(N[C@@H]1B(O)OC2=CC=CCC21)c1cnc2c(c1)CNC2. The van der Waals surface area contributed by atoms with Crippen LogP contribution < -0.4 is 10.6 Å². The molecule has 7 heteroatoms.